The zero-order valence-corrected chi connectivity index (χ0v) is 14.8. The van der Waals surface area contributed by atoms with Crippen molar-refractivity contribution in [3.63, 3.8) is 0 Å². The van der Waals surface area contributed by atoms with E-state index < -0.39 is 23.1 Å². The van der Waals surface area contributed by atoms with Gasteiger partial charge in [-0.05, 0) is 49.4 Å². The average molecular weight is 368 g/mol. The summed E-state index contributed by atoms with van der Waals surface area (Å²) in [5.74, 6) is -1.65. The van der Waals surface area contributed by atoms with Gasteiger partial charge in [0.25, 0.3) is 5.91 Å². The summed E-state index contributed by atoms with van der Waals surface area (Å²) in [6.45, 7) is 2.37. The van der Waals surface area contributed by atoms with Crippen LogP contribution in [0.1, 0.15) is 27.6 Å². The molecule has 0 fully saturated rings. The third-order valence-corrected chi connectivity index (χ3v) is 4.19. The highest BCUT2D eigenvalue weighted by Crippen LogP contribution is 2.16. The number of rotatable bonds is 4. The number of nitrogens with zero attached hydrogens (tertiary/aromatic N) is 1. The van der Waals surface area contributed by atoms with Crippen molar-refractivity contribution in [2.75, 3.05) is 12.4 Å². The van der Waals surface area contributed by atoms with E-state index in [1.807, 2.05) is 6.92 Å². The molecule has 1 heterocycles. The van der Waals surface area contributed by atoms with Gasteiger partial charge in [0.05, 0.1) is 18.2 Å². The number of esters is 1. The van der Waals surface area contributed by atoms with Crippen LogP contribution in [0.2, 0.25) is 0 Å². The predicted molar refractivity (Wildman–Crippen MR) is 99.6 cm³/mol. The molecule has 0 saturated carbocycles. The lowest BCUT2D eigenvalue weighted by atomic mass is 10.1. The molecule has 0 radical (unpaired) electrons. The summed E-state index contributed by atoms with van der Waals surface area (Å²) in [7, 11) is 1.28. The fourth-order valence-electron chi connectivity index (χ4n) is 2.80. The number of ether oxygens (including phenoxy) is 1. The quantitative estimate of drug-likeness (QED) is 0.718. The number of hydrogen-bond acceptors (Lipinski definition) is 4. The molecule has 1 amide bonds. The molecule has 0 unspecified atom stereocenters. The number of fused-ring (bicyclic) bond motifs is 1. The standard InChI is InChI=1S/C20H17FN2O4/c1-3-23-11-16(18(24)15-10-13(21)6-9-17(15)23)19(25)22-14-7-4-12(5-8-14)20(26)27-2/h4-11H,3H2,1-2H3,(H,22,25). The highest BCUT2D eigenvalue weighted by atomic mass is 19.1. The maximum Gasteiger partial charge on any atom is 0.337 e. The molecule has 0 spiro atoms. The van der Waals surface area contributed by atoms with Gasteiger partial charge in [-0.25, -0.2) is 9.18 Å². The Kier molecular flexibility index (Phi) is 5.03. The van der Waals surface area contributed by atoms with Crippen LogP contribution in [-0.2, 0) is 11.3 Å². The van der Waals surface area contributed by atoms with Gasteiger partial charge in [-0.15, -0.1) is 0 Å². The molecule has 1 aromatic heterocycles. The Labute approximate surface area is 154 Å². The van der Waals surface area contributed by atoms with E-state index in [4.69, 9.17) is 0 Å². The predicted octanol–water partition coefficient (Wildman–Crippen LogP) is 3.20. The summed E-state index contributed by atoms with van der Waals surface area (Å²) >= 11 is 0. The molecule has 0 atom stereocenters. The zero-order chi connectivity index (χ0) is 19.6. The first-order valence-electron chi connectivity index (χ1n) is 8.27. The SMILES string of the molecule is CCn1cc(C(=O)Nc2ccc(C(=O)OC)cc2)c(=O)c2cc(F)ccc21. The fraction of sp³-hybridized carbons (Fsp3) is 0.150. The van der Waals surface area contributed by atoms with Crippen molar-refractivity contribution in [2.24, 2.45) is 0 Å². The van der Waals surface area contributed by atoms with Crippen molar-refractivity contribution >= 4 is 28.5 Å². The highest BCUT2D eigenvalue weighted by molar-refractivity contribution is 6.06. The minimum Gasteiger partial charge on any atom is -0.465 e. The van der Waals surface area contributed by atoms with Crippen LogP contribution in [0.15, 0.2) is 53.5 Å². The van der Waals surface area contributed by atoms with E-state index in [1.165, 1.54) is 49.7 Å². The van der Waals surface area contributed by atoms with Gasteiger partial charge in [-0.3, -0.25) is 9.59 Å². The van der Waals surface area contributed by atoms with Gasteiger partial charge in [0.2, 0.25) is 5.43 Å². The van der Waals surface area contributed by atoms with Gasteiger partial charge in [-0.1, -0.05) is 0 Å². The van der Waals surface area contributed by atoms with E-state index in [2.05, 4.69) is 10.1 Å². The summed E-state index contributed by atoms with van der Waals surface area (Å²) in [5, 5.41) is 2.76. The van der Waals surface area contributed by atoms with Gasteiger partial charge in [0.1, 0.15) is 11.4 Å². The molecular formula is C20H17FN2O4. The van der Waals surface area contributed by atoms with Crippen molar-refractivity contribution in [1.29, 1.82) is 0 Å². The minimum atomic E-state index is -0.612. The van der Waals surface area contributed by atoms with E-state index in [9.17, 15) is 18.8 Å². The van der Waals surface area contributed by atoms with Crippen LogP contribution >= 0.6 is 0 Å². The lowest BCUT2D eigenvalue weighted by Gasteiger charge is -2.12. The molecule has 0 bridgehead atoms. The first-order chi connectivity index (χ1) is 12.9. The first-order valence-corrected chi connectivity index (χ1v) is 8.27. The molecule has 7 heteroatoms. The number of aryl methyl sites for hydroxylation is 1. The van der Waals surface area contributed by atoms with Gasteiger partial charge < -0.3 is 14.6 Å². The summed E-state index contributed by atoms with van der Waals surface area (Å²) < 4.78 is 19.9. The van der Waals surface area contributed by atoms with Crippen molar-refractivity contribution in [3.8, 4) is 0 Å². The number of nitrogens with one attached hydrogen (secondary N) is 1. The molecule has 0 aliphatic heterocycles. The molecule has 0 aliphatic rings. The van der Waals surface area contributed by atoms with E-state index in [0.29, 0.717) is 23.3 Å². The Bertz CT molecular complexity index is 1090. The lowest BCUT2D eigenvalue weighted by molar-refractivity contribution is 0.0600. The Morgan fingerprint density at radius 1 is 1.15 bits per heavy atom. The van der Waals surface area contributed by atoms with Gasteiger partial charge >= 0.3 is 5.97 Å². The number of carbonyl (C=O) groups is 2. The normalized spacial score (nSPS) is 10.6. The smallest absolute Gasteiger partial charge is 0.337 e. The average Bonchev–Trinajstić information content (AvgIpc) is 2.68. The second-order valence-corrected chi connectivity index (χ2v) is 5.84. The molecule has 138 valence electrons. The molecule has 0 aliphatic carbocycles. The third-order valence-electron chi connectivity index (χ3n) is 4.19. The fourth-order valence-corrected chi connectivity index (χ4v) is 2.80. The summed E-state index contributed by atoms with van der Waals surface area (Å²) in [6.07, 6.45) is 1.46. The Balaban J connectivity index is 1.97. The molecule has 6 nitrogen and oxygen atoms in total. The summed E-state index contributed by atoms with van der Waals surface area (Å²) in [4.78, 5) is 36.7. The third kappa shape index (κ3) is 3.57. The monoisotopic (exact) mass is 368 g/mol. The van der Waals surface area contributed by atoms with Crippen LogP contribution < -0.4 is 10.7 Å². The van der Waals surface area contributed by atoms with Crippen LogP contribution in [-0.4, -0.2) is 23.6 Å². The molecule has 3 aromatic rings. The van der Waals surface area contributed by atoms with Gasteiger partial charge in [0.15, 0.2) is 0 Å². The van der Waals surface area contributed by atoms with Crippen LogP contribution in [0.25, 0.3) is 10.9 Å². The number of anilines is 1. The van der Waals surface area contributed by atoms with E-state index in [-0.39, 0.29) is 10.9 Å². The molecular weight excluding hydrogens is 351 g/mol. The number of methoxy groups -OCH3 is 1. The number of aromatic nitrogens is 1. The van der Waals surface area contributed by atoms with E-state index in [0.717, 1.165) is 6.07 Å². The van der Waals surface area contributed by atoms with Gasteiger partial charge in [-0.2, -0.15) is 0 Å². The topological polar surface area (TPSA) is 77.4 Å². The van der Waals surface area contributed by atoms with Gasteiger partial charge in [0, 0.05) is 23.8 Å². The largest absolute Gasteiger partial charge is 0.465 e. The first kappa shape index (κ1) is 18.3. The number of halogens is 1. The molecule has 2 aromatic carbocycles. The van der Waals surface area contributed by atoms with Crippen LogP contribution in [0.4, 0.5) is 10.1 Å². The number of hydrogen-bond donors (Lipinski definition) is 1. The van der Waals surface area contributed by atoms with Crippen LogP contribution in [0, 0.1) is 5.82 Å². The highest BCUT2D eigenvalue weighted by Gasteiger charge is 2.16. The van der Waals surface area contributed by atoms with E-state index >= 15 is 0 Å². The number of amides is 1. The lowest BCUT2D eigenvalue weighted by Crippen LogP contribution is -2.24. The zero-order valence-electron chi connectivity index (χ0n) is 14.8. The second-order valence-electron chi connectivity index (χ2n) is 5.84. The molecule has 0 saturated heterocycles. The van der Waals surface area contributed by atoms with E-state index in [1.54, 1.807) is 4.57 Å². The molecule has 1 N–H and O–H groups in total. The maximum atomic E-state index is 13.6. The Morgan fingerprint density at radius 3 is 2.48 bits per heavy atom. The number of benzene rings is 2. The van der Waals surface area contributed by atoms with Crippen molar-refractivity contribution < 1.29 is 18.7 Å². The Hall–Kier alpha value is -3.48. The maximum absolute atomic E-state index is 13.6. The summed E-state index contributed by atoms with van der Waals surface area (Å²) in [5.41, 5.74) is 0.673. The minimum absolute atomic E-state index is 0.0907. The summed E-state index contributed by atoms with van der Waals surface area (Å²) in [6, 6.07) is 9.99. The molecule has 3 rings (SSSR count). The number of carbonyl (C=O) groups excluding carboxylic acids is 2. The molecule has 27 heavy (non-hydrogen) atoms. The van der Waals surface area contributed by atoms with Crippen LogP contribution in [0.5, 0.6) is 0 Å². The Morgan fingerprint density at radius 2 is 1.85 bits per heavy atom. The second kappa shape index (κ2) is 7.41. The van der Waals surface area contributed by atoms with Crippen LogP contribution in [0.3, 0.4) is 0 Å². The van der Waals surface area contributed by atoms with Crippen molar-refractivity contribution in [2.45, 2.75) is 13.5 Å². The van der Waals surface area contributed by atoms with Crippen molar-refractivity contribution in [3.05, 3.63) is 75.8 Å². The number of pyridine rings is 1. The van der Waals surface area contributed by atoms with Crippen molar-refractivity contribution in [1.82, 2.24) is 4.57 Å².